The molecule has 2 bridgehead atoms. The van der Waals surface area contributed by atoms with Gasteiger partial charge >= 0.3 is 15.6 Å². The summed E-state index contributed by atoms with van der Waals surface area (Å²) in [7, 11) is -10.3. The van der Waals surface area contributed by atoms with E-state index in [-0.39, 0.29) is 11.5 Å². The molecule has 0 aromatic heterocycles. The van der Waals surface area contributed by atoms with Gasteiger partial charge in [0.1, 0.15) is 0 Å². The van der Waals surface area contributed by atoms with E-state index in [0.29, 0.717) is 16.7 Å². The lowest BCUT2D eigenvalue weighted by Crippen LogP contribution is -2.15. The van der Waals surface area contributed by atoms with Crippen LogP contribution in [0.5, 0.6) is 11.5 Å². The summed E-state index contributed by atoms with van der Waals surface area (Å²) in [6, 6.07) is 24.1. The lowest BCUT2D eigenvalue weighted by molar-refractivity contribution is 0.230. The molecule has 1 aliphatic heterocycles. The summed E-state index contributed by atoms with van der Waals surface area (Å²) in [5.41, 5.74) is 13.8. The van der Waals surface area contributed by atoms with Crippen molar-refractivity contribution in [2.45, 2.75) is 55.4 Å². The fourth-order valence-electron chi connectivity index (χ4n) is 7.08. The van der Waals surface area contributed by atoms with Gasteiger partial charge in [0, 0.05) is 16.7 Å². The summed E-state index contributed by atoms with van der Waals surface area (Å²) in [6.45, 7) is 16.1. The first-order chi connectivity index (χ1) is 22.1. The molecule has 0 amide bonds. The van der Waals surface area contributed by atoms with Gasteiger partial charge in [0.25, 0.3) is 0 Å². The standard InChI is InChI=1S/C38H38O7P2/c1-21-13-9-14-22(2)29(21)33-34(30-23(3)15-10-16-24(30)4)37-36(32-27(7)19-12-20-28(32)8)38(44-47(42,43-37)45-46(39,40)41)35(33)31-25(5)17-11-18-26(31)6/h9-20H,1-8H3,(H2,39,40,41). The molecule has 0 unspecified atom stereocenters. The monoisotopic (exact) mass is 668 g/mol. The predicted molar refractivity (Wildman–Crippen MR) is 188 cm³/mol. The number of fused-ring (bicyclic) bond motifs is 2. The number of phosphoric ester groups is 1. The summed E-state index contributed by atoms with van der Waals surface area (Å²) in [6.07, 6.45) is 0. The van der Waals surface area contributed by atoms with E-state index >= 15 is 0 Å². The molecule has 0 atom stereocenters. The van der Waals surface area contributed by atoms with Gasteiger partial charge in [-0.05, 0) is 122 Å². The fourth-order valence-corrected chi connectivity index (χ4v) is 9.24. The highest BCUT2D eigenvalue weighted by Crippen LogP contribution is 2.71. The zero-order chi connectivity index (χ0) is 34.0. The quantitative estimate of drug-likeness (QED) is 0.174. The van der Waals surface area contributed by atoms with Crippen LogP contribution in [0.1, 0.15) is 44.5 Å². The first-order valence-electron chi connectivity index (χ1n) is 15.4. The molecule has 0 spiro atoms. The van der Waals surface area contributed by atoms with Crippen LogP contribution < -0.4 is 9.05 Å². The second kappa shape index (κ2) is 11.9. The van der Waals surface area contributed by atoms with Crippen LogP contribution >= 0.6 is 15.6 Å². The van der Waals surface area contributed by atoms with Gasteiger partial charge in [-0.3, -0.25) is 0 Å². The Bertz CT molecular complexity index is 2030. The molecule has 0 fully saturated rings. The van der Waals surface area contributed by atoms with Crippen molar-refractivity contribution in [3.63, 3.8) is 0 Å². The van der Waals surface area contributed by atoms with Gasteiger partial charge in [0.2, 0.25) is 0 Å². The third-order valence-corrected chi connectivity index (χ3v) is 11.4. The van der Waals surface area contributed by atoms with Crippen LogP contribution in [0.15, 0.2) is 72.8 Å². The molecule has 1 aliphatic rings. The summed E-state index contributed by atoms with van der Waals surface area (Å²) in [5, 5.41) is 0. The van der Waals surface area contributed by atoms with Crippen LogP contribution in [0.2, 0.25) is 0 Å². The van der Waals surface area contributed by atoms with Crippen molar-refractivity contribution in [3.05, 3.63) is 117 Å². The Morgan fingerprint density at radius 3 is 1.00 bits per heavy atom. The predicted octanol–water partition coefficient (Wildman–Crippen LogP) is 10.8. The molecule has 0 saturated heterocycles. The normalized spacial score (nSPS) is 13.7. The first-order valence-corrected chi connectivity index (χ1v) is 18.4. The second-order valence-corrected chi connectivity index (χ2v) is 15.3. The molecule has 2 N–H and O–H groups in total. The zero-order valence-corrected chi connectivity index (χ0v) is 29.5. The first kappa shape index (κ1) is 33.0. The van der Waals surface area contributed by atoms with Crippen LogP contribution in [0.25, 0.3) is 44.5 Å². The Morgan fingerprint density at radius 1 is 0.468 bits per heavy atom. The lowest BCUT2D eigenvalue weighted by Gasteiger charge is -2.35. The van der Waals surface area contributed by atoms with Gasteiger partial charge in [0.15, 0.2) is 11.5 Å². The number of phosphoric acid groups is 2. The van der Waals surface area contributed by atoms with Crippen LogP contribution in [-0.2, 0) is 13.4 Å². The smallest absolute Gasteiger partial charge is 0.393 e. The largest absolute Gasteiger partial charge is 0.596 e. The average Bonchev–Trinajstić information content (AvgIpc) is 2.95. The maximum absolute atomic E-state index is 14.4. The average molecular weight is 669 g/mol. The van der Waals surface area contributed by atoms with Crippen LogP contribution in [0, 0.1) is 55.4 Å². The van der Waals surface area contributed by atoms with E-state index in [1.807, 2.05) is 102 Å². The van der Waals surface area contributed by atoms with E-state index in [1.165, 1.54) is 0 Å². The Morgan fingerprint density at radius 2 is 0.723 bits per heavy atom. The van der Waals surface area contributed by atoms with Crippen molar-refractivity contribution in [2.24, 2.45) is 0 Å². The highest BCUT2D eigenvalue weighted by molar-refractivity contribution is 7.61. The molecule has 242 valence electrons. The Hall–Kier alpha value is -3.96. The maximum atomic E-state index is 14.4. The molecule has 0 radical (unpaired) electrons. The fraction of sp³-hybridized carbons (Fsp3) is 0.211. The van der Waals surface area contributed by atoms with Gasteiger partial charge in [0.05, 0.1) is 5.56 Å². The molecular formula is C38H38O7P2. The minimum Gasteiger partial charge on any atom is -0.393 e. The number of benzene rings is 5. The lowest BCUT2D eigenvalue weighted by atomic mass is 9.77. The summed E-state index contributed by atoms with van der Waals surface area (Å²) < 4.78 is 44.1. The van der Waals surface area contributed by atoms with Crippen LogP contribution in [0.4, 0.5) is 0 Å². The van der Waals surface area contributed by atoms with Crippen molar-refractivity contribution in [1.29, 1.82) is 0 Å². The molecule has 0 aliphatic carbocycles. The Balaban J connectivity index is 1.99. The third kappa shape index (κ3) is 5.77. The van der Waals surface area contributed by atoms with Gasteiger partial charge in [-0.25, -0.2) is 9.13 Å². The molecule has 1 heterocycles. The maximum Gasteiger partial charge on any atom is 0.596 e. The molecule has 6 rings (SSSR count). The van der Waals surface area contributed by atoms with E-state index in [1.54, 1.807) is 0 Å². The minimum atomic E-state index is -5.33. The second-order valence-electron chi connectivity index (χ2n) is 12.4. The highest BCUT2D eigenvalue weighted by atomic mass is 31.3. The van der Waals surface area contributed by atoms with Crippen molar-refractivity contribution < 1.29 is 32.3 Å². The van der Waals surface area contributed by atoms with Gasteiger partial charge in [-0.1, -0.05) is 72.8 Å². The summed E-state index contributed by atoms with van der Waals surface area (Å²) in [4.78, 5) is 19.9. The molecule has 0 saturated carbocycles. The number of hydrogen-bond acceptors (Lipinski definition) is 5. The van der Waals surface area contributed by atoms with Gasteiger partial charge in [-0.2, -0.15) is 4.31 Å². The summed E-state index contributed by atoms with van der Waals surface area (Å²) in [5.74, 6) is 0.371. The van der Waals surface area contributed by atoms with E-state index < -0.39 is 15.6 Å². The molecule has 47 heavy (non-hydrogen) atoms. The Kier molecular flexibility index (Phi) is 8.37. The van der Waals surface area contributed by atoms with E-state index in [4.69, 9.17) is 13.4 Å². The van der Waals surface area contributed by atoms with Crippen molar-refractivity contribution >= 4 is 15.6 Å². The zero-order valence-electron chi connectivity index (χ0n) is 27.8. The summed E-state index contributed by atoms with van der Waals surface area (Å²) >= 11 is 0. The van der Waals surface area contributed by atoms with Crippen molar-refractivity contribution in [3.8, 4) is 56.0 Å². The molecule has 5 aromatic rings. The van der Waals surface area contributed by atoms with E-state index in [0.717, 1.165) is 72.3 Å². The molecule has 5 aromatic carbocycles. The van der Waals surface area contributed by atoms with Gasteiger partial charge in [-0.15, -0.1) is 0 Å². The molecular weight excluding hydrogens is 630 g/mol. The number of rotatable bonds is 6. The van der Waals surface area contributed by atoms with Gasteiger partial charge < -0.3 is 18.8 Å². The topological polar surface area (TPSA) is 102 Å². The van der Waals surface area contributed by atoms with Crippen molar-refractivity contribution in [2.75, 3.05) is 0 Å². The number of hydrogen-bond donors (Lipinski definition) is 2. The van der Waals surface area contributed by atoms with E-state index in [2.05, 4.69) is 26.0 Å². The van der Waals surface area contributed by atoms with Crippen molar-refractivity contribution in [1.82, 2.24) is 0 Å². The van der Waals surface area contributed by atoms with Crippen LogP contribution in [-0.4, -0.2) is 9.79 Å². The van der Waals surface area contributed by atoms with Crippen LogP contribution in [0.3, 0.4) is 0 Å². The third-order valence-electron chi connectivity index (χ3n) is 8.95. The molecule has 7 nitrogen and oxygen atoms in total. The molecule has 9 heteroatoms. The minimum absolute atomic E-state index is 0.186. The van der Waals surface area contributed by atoms with E-state index in [9.17, 15) is 18.9 Å². The Labute approximate surface area is 276 Å². The SMILES string of the molecule is Cc1cccc(C)c1-c1c2c(-c3c(C)cccc3C)c(-c3c(C)cccc3C)c(-c3c(C)cccc3C)c1OP(=O)(OP(=O)(O)O)O2. The number of aryl methyl sites for hydroxylation is 8. The highest BCUT2D eigenvalue weighted by Gasteiger charge is 2.48.